The highest BCUT2D eigenvalue weighted by Crippen LogP contribution is 2.09. The first kappa shape index (κ1) is 17.4. The normalized spacial score (nSPS) is 11.0. The zero-order valence-electron chi connectivity index (χ0n) is 13.8. The first-order valence-electron chi connectivity index (χ1n) is 7.64. The largest absolute Gasteiger partial charge is 0.335 e. The van der Waals surface area contributed by atoms with Crippen LogP contribution in [0.1, 0.15) is 33.3 Å². The first-order valence-corrected chi connectivity index (χ1v) is 7.64. The van der Waals surface area contributed by atoms with E-state index in [-0.39, 0.29) is 11.9 Å². The Labute approximate surface area is 129 Å². The third-order valence-corrected chi connectivity index (χ3v) is 3.44. The van der Waals surface area contributed by atoms with Crippen LogP contribution >= 0.6 is 0 Å². The van der Waals surface area contributed by atoms with E-state index < -0.39 is 0 Å². The first-order chi connectivity index (χ1) is 9.93. The van der Waals surface area contributed by atoms with Gasteiger partial charge < -0.3 is 4.90 Å². The van der Waals surface area contributed by atoms with Gasteiger partial charge in [-0.05, 0) is 32.9 Å². The van der Waals surface area contributed by atoms with E-state index in [1.54, 1.807) is 0 Å². The van der Waals surface area contributed by atoms with Crippen LogP contribution in [0.3, 0.4) is 0 Å². The second-order valence-corrected chi connectivity index (χ2v) is 5.86. The second-order valence-electron chi connectivity index (χ2n) is 5.86. The van der Waals surface area contributed by atoms with Crippen LogP contribution in [0.25, 0.3) is 0 Å². The van der Waals surface area contributed by atoms with E-state index in [4.69, 9.17) is 0 Å². The van der Waals surface area contributed by atoms with Crippen molar-refractivity contribution in [1.29, 1.82) is 0 Å². The smallest absolute Gasteiger partial charge is 0.237 e. The molecule has 0 aliphatic heterocycles. The number of likely N-dealkylation sites (N-methyl/N-ethyl adjacent to an activating group) is 1. The van der Waals surface area contributed by atoms with E-state index >= 15 is 0 Å². The van der Waals surface area contributed by atoms with Crippen LogP contribution < -0.4 is 0 Å². The predicted molar refractivity (Wildman–Crippen MR) is 89.1 cm³/mol. The van der Waals surface area contributed by atoms with E-state index in [2.05, 4.69) is 44.4 Å². The van der Waals surface area contributed by atoms with Crippen molar-refractivity contribution in [3.05, 3.63) is 48.0 Å². The van der Waals surface area contributed by atoms with Crippen molar-refractivity contribution in [2.24, 2.45) is 0 Å². The van der Waals surface area contributed by atoms with E-state index in [0.29, 0.717) is 13.1 Å². The van der Waals surface area contributed by atoms with Gasteiger partial charge >= 0.3 is 0 Å². The molecule has 1 aromatic carbocycles. The predicted octanol–water partition coefficient (Wildman–Crippen LogP) is 3.32. The molecule has 0 fully saturated rings. The summed E-state index contributed by atoms with van der Waals surface area (Å²) >= 11 is 0. The number of carbonyl (C=O) groups is 1. The van der Waals surface area contributed by atoms with Gasteiger partial charge in [-0.15, -0.1) is 0 Å². The van der Waals surface area contributed by atoms with Gasteiger partial charge in [-0.2, -0.15) is 0 Å². The molecule has 0 aliphatic rings. The van der Waals surface area contributed by atoms with Gasteiger partial charge in [0, 0.05) is 19.1 Å². The van der Waals surface area contributed by atoms with Gasteiger partial charge in [0.25, 0.3) is 0 Å². The molecule has 0 radical (unpaired) electrons. The molecule has 0 N–H and O–H groups in total. The molecular weight excluding hydrogens is 260 g/mol. The maximum Gasteiger partial charge on any atom is 0.237 e. The number of nitrogens with zero attached hydrogens (tertiary/aromatic N) is 2. The minimum Gasteiger partial charge on any atom is -0.335 e. The lowest BCUT2D eigenvalue weighted by Crippen LogP contribution is -2.43. The Bertz CT molecular complexity index is 454. The molecule has 21 heavy (non-hydrogen) atoms. The number of hydrogen-bond acceptors (Lipinski definition) is 2. The van der Waals surface area contributed by atoms with Gasteiger partial charge in [0.15, 0.2) is 0 Å². The van der Waals surface area contributed by atoms with Gasteiger partial charge in [0.2, 0.25) is 5.91 Å². The Morgan fingerprint density at radius 2 is 1.81 bits per heavy atom. The molecule has 0 aliphatic carbocycles. The summed E-state index contributed by atoms with van der Waals surface area (Å²) in [6.07, 6.45) is 0. The number of carbonyl (C=O) groups excluding carboxylic acids is 1. The maximum atomic E-state index is 12.6. The summed E-state index contributed by atoms with van der Waals surface area (Å²) in [5.74, 6) is 0.178. The van der Waals surface area contributed by atoms with Crippen LogP contribution in [0.15, 0.2) is 42.5 Å². The van der Waals surface area contributed by atoms with Crippen LogP contribution in [0.2, 0.25) is 0 Å². The molecular formula is C18H28N2O. The quantitative estimate of drug-likeness (QED) is 0.685. The highest BCUT2D eigenvalue weighted by atomic mass is 16.2. The van der Waals surface area contributed by atoms with E-state index in [0.717, 1.165) is 18.7 Å². The van der Waals surface area contributed by atoms with Crippen LogP contribution in [0.4, 0.5) is 0 Å². The Kier molecular flexibility index (Phi) is 7.17. The lowest BCUT2D eigenvalue weighted by molar-refractivity contribution is -0.134. The SMILES string of the molecule is C=C(C)CN(CC)CC(=O)N(Cc1ccccc1)C(C)C. The topological polar surface area (TPSA) is 23.6 Å². The van der Waals surface area contributed by atoms with Gasteiger partial charge in [-0.3, -0.25) is 9.69 Å². The highest BCUT2D eigenvalue weighted by molar-refractivity contribution is 5.78. The molecule has 0 saturated carbocycles. The van der Waals surface area contributed by atoms with Crippen LogP contribution in [0.5, 0.6) is 0 Å². The number of rotatable bonds is 8. The molecule has 0 unspecified atom stereocenters. The minimum absolute atomic E-state index is 0.178. The van der Waals surface area contributed by atoms with Gasteiger partial charge in [-0.1, -0.05) is 49.4 Å². The third-order valence-electron chi connectivity index (χ3n) is 3.44. The molecule has 0 heterocycles. The van der Waals surface area contributed by atoms with Crippen LogP contribution in [0, 0.1) is 0 Å². The summed E-state index contributed by atoms with van der Waals surface area (Å²) in [5.41, 5.74) is 2.26. The average molecular weight is 288 g/mol. The maximum absolute atomic E-state index is 12.6. The van der Waals surface area contributed by atoms with E-state index in [9.17, 15) is 4.79 Å². The van der Waals surface area contributed by atoms with Crippen molar-refractivity contribution in [3.63, 3.8) is 0 Å². The zero-order valence-corrected chi connectivity index (χ0v) is 13.8. The fourth-order valence-electron chi connectivity index (χ4n) is 2.28. The molecule has 3 nitrogen and oxygen atoms in total. The Balaban J connectivity index is 2.71. The molecule has 0 atom stereocenters. The minimum atomic E-state index is 0.178. The summed E-state index contributed by atoms with van der Waals surface area (Å²) in [6, 6.07) is 10.3. The zero-order chi connectivity index (χ0) is 15.8. The molecule has 1 amide bonds. The standard InChI is InChI=1S/C18H28N2O/c1-6-19(12-15(2)3)14-18(21)20(16(4)5)13-17-10-8-7-9-11-17/h7-11,16H,2,6,12-14H2,1,3-5H3. The van der Waals surface area contributed by atoms with Crippen molar-refractivity contribution < 1.29 is 4.79 Å². The summed E-state index contributed by atoms with van der Waals surface area (Å²) < 4.78 is 0. The van der Waals surface area contributed by atoms with Crippen molar-refractivity contribution in [3.8, 4) is 0 Å². The molecule has 0 bridgehead atoms. The third kappa shape index (κ3) is 6.13. The van der Waals surface area contributed by atoms with Crippen molar-refractivity contribution in [1.82, 2.24) is 9.80 Å². The van der Waals surface area contributed by atoms with Gasteiger partial charge in [0.1, 0.15) is 0 Å². The molecule has 0 saturated heterocycles. The lowest BCUT2D eigenvalue weighted by atomic mass is 10.2. The average Bonchev–Trinajstić information content (AvgIpc) is 2.44. The lowest BCUT2D eigenvalue weighted by Gasteiger charge is -2.30. The molecule has 0 spiro atoms. The summed E-state index contributed by atoms with van der Waals surface area (Å²) in [5, 5.41) is 0. The van der Waals surface area contributed by atoms with Crippen LogP contribution in [-0.4, -0.2) is 41.4 Å². The summed E-state index contributed by atoms with van der Waals surface area (Å²) in [6.45, 7) is 14.9. The van der Waals surface area contributed by atoms with Crippen molar-refractivity contribution >= 4 is 5.91 Å². The monoisotopic (exact) mass is 288 g/mol. The van der Waals surface area contributed by atoms with Crippen LogP contribution in [-0.2, 0) is 11.3 Å². The molecule has 1 aromatic rings. The molecule has 116 valence electrons. The van der Waals surface area contributed by atoms with Gasteiger partial charge in [-0.25, -0.2) is 0 Å². The van der Waals surface area contributed by atoms with E-state index in [1.807, 2.05) is 30.0 Å². The van der Waals surface area contributed by atoms with Crippen molar-refractivity contribution in [2.75, 3.05) is 19.6 Å². The van der Waals surface area contributed by atoms with Crippen molar-refractivity contribution in [2.45, 2.75) is 40.3 Å². The number of hydrogen-bond donors (Lipinski definition) is 0. The summed E-state index contributed by atoms with van der Waals surface area (Å²) in [4.78, 5) is 16.7. The number of amides is 1. The van der Waals surface area contributed by atoms with Gasteiger partial charge in [0.05, 0.1) is 6.54 Å². The molecule has 3 heteroatoms. The molecule has 0 aromatic heterocycles. The fourth-order valence-corrected chi connectivity index (χ4v) is 2.28. The highest BCUT2D eigenvalue weighted by Gasteiger charge is 2.19. The Hall–Kier alpha value is -1.61. The summed E-state index contributed by atoms with van der Waals surface area (Å²) in [7, 11) is 0. The number of benzene rings is 1. The van der Waals surface area contributed by atoms with E-state index in [1.165, 1.54) is 5.56 Å². The Morgan fingerprint density at radius 3 is 2.29 bits per heavy atom. The molecule has 1 rings (SSSR count). The second kappa shape index (κ2) is 8.63. The Morgan fingerprint density at radius 1 is 1.19 bits per heavy atom. The fraction of sp³-hybridized carbons (Fsp3) is 0.500.